The van der Waals surface area contributed by atoms with Crippen LogP contribution in [0.3, 0.4) is 0 Å². The molecule has 0 radical (unpaired) electrons. The minimum Gasteiger partial charge on any atom is -0.367 e. The van der Waals surface area contributed by atoms with E-state index in [2.05, 4.69) is 5.32 Å². The zero-order valence-corrected chi connectivity index (χ0v) is 11.6. The summed E-state index contributed by atoms with van der Waals surface area (Å²) in [5, 5.41) is 20.5. The summed E-state index contributed by atoms with van der Waals surface area (Å²) in [6, 6.07) is 9.85. The standard InChI is InChI=1S/C13H12N4O2S/c1-10-2-4-12(5-3-10)20(18,19)17-7-6-16-13(17)11(8-14)9-15/h2-5,16H,6-7H2,1H3. The summed E-state index contributed by atoms with van der Waals surface area (Å²) in [7, 11) is -3.76. The summed E-state index contributed by atoms with van der Waals surface area (Å²) in [5.41, 5.74) is 0.715. The quantitative estimate of drug-likeness (QED) is 0.814. The van der Waals surface area contributed by atoms with E-state index in [4.69, 9.17) is 10.5 Å². The van der Waals surface area contributed by atoms with Crippen LogP contribution < -0.4 is 5.32 Å². The molecule has 0 atom stereocenters. The van der Waals surface area contributed by atoms with Crippen molar-refractivity contribution in [2.24, 2.45) is 0 Å². The van der Waals surface area contributed by atoms with Crippen molar-refractivity contribution in [1.29, 1.82) is 10.5 Å². The molecule has 0 amide bonds. The second kappa shape index (κ2) is 5.24. The smallest absolute Gasteiger partial charge is 0.265 e. The molecule has 0 unspecified atom stereocenters. The Morgan fingerprint density at radius 1 is 1.25 bits per heavy atom. The van der Waals surface area contributed by atoms with Crippen LogP contribution in [0.1, 0.15) is 5.56 Å². The van der Waals surface area contributed by atoms with Gasteiger partial charge in [-0.15, -0.1) is 0 Å². The lowest BCUT2D eigenvalue weighted by molar-refractivity contribution is 0.511. The van der Waals surface area contributed by atoms with E-state index in [0.29, 0.717) is 6.54 Å². The molecule has 1 fully saturated rings. The van der Waals surface area contributed by atoms with Gasteiger partial charge in [-0.1, -0.05) is 17.7 Å². The van der Waals surface area contributed by atoms with Gasteiger partial charge in [0.05, 0.1) is 11.4 Å². The summed E-state index contributed by atoms with van der Waals surface area (Å²) >= 11 is 0. The zero-order valence-electron chi connectivity index (χ0n) is 10.8. The summed E-state index contributed by atoms with van der Waals surface area (Å²) < 4.78 is 26.1. The predicted octanol–water partition coefficient (Wildman–Crippen LogP) is 0.848. The van der Waals surface area contributed by atoms with Crippen molar-refractivity contribution in [1.82, 2.24) is 9.62 Å². The molecule has 1 N–H and O–H groups in total. The number of nitriles is 2. The number of rotatable bonds is 2. The molecule has 7 heteroatoms. The van der Waals surface area contributed by atoms with E-state index in [1.54, 1.807) is 24.3 Å². The maximum Gasteiger partial charge on any atom is 0.265 e. The van der Waals surface area contributed by atoms with Crippen molar-refractivity contribution in [3.8, 4) is 12.1 Å². The Hall–Kier alpha value is -2.51. The summed E-state index contributed by atoms with van der Waals surface area (Å²) in [6.45, 7) is 2.42. The van der Waals surface area contributed by atoms with Crippen LogP contribution in [0.15, 0.2) is 40.6 Å². The highest BCUT2D eigenvalue weighted by molar-refractivity contribution is 7.89. The van der Waals surface area contributed by atoms with E-state index in [-0.39, 0.29) is 22.8 Å². The molecule has 1 aliphatic rings. The van der Waals surface area contributed by atoms with Gasteiger partial charge in [-0.2, -0.15) is 10.5 Å². The number of hydrogen-bond donors (Lipinski definition) is 1. The van der Waals surface area contributed by atoms with E-state index in [9.17, 15) is 8.42 Å². The molecule has 0 bridgehead atoms. The Balaban J connectivity index is 2.50. The fourth-order valence-corrected chi connectivity index (χ4v) is 3.36. The highest BCUT2D eigenvalue weighted by Crippen LogP contribution is 2.23. The third-order valence-corrected chi connectivity index (χ3v) is 4.74. The second-order valence-corrected chi connectivity index (χ2v) is 6.13. The Morgan fingerprint density at radius 3 is 2.40 bits per heavy atom. The van der Waals surface area contributed by atoms with Gasteiger partial charge in [0.2, 0.25) is 0 Å². The maximum atomic E-state index is 12.5. The topological polar surface area (TPSA) is 97.0 Å². The molecule has 1 aliphatic heterocycles. The number of hydrogen-bond acceptors (Lipinski definition) is 5. The van der Waals surface area contributed by atoms with Crippen LogP contribution in [0.2, 0.25) is 0 Å². The molecule has 1 aromatic rings. The molecule has 0 saturated carbocycles. The van der Waals surface area contributed by atoms with Gasteiger partial charge in [0, 0.05) is 6.54 Å². The molecule has 0 aromatic heterocycles. The third-order valence-electron chi connectivity index (χ3n) is 2.93. The fraction of sp³-hybridized carbons (Fsp3) is 0.231. The van der Waals surface area contributed by atoms with Gasteiger partial charge in [-0.05, 0) is 19.1 Å². The van der Waals surface area contributed by atoms with E-state index < -0.39 is 10.0 Å². The minimum absolute atomic E-state index is 0.0515. The lowest BCUT2D eigenvalue weighted by atomic mass is 10.2. The zero-order chi connectivity index (χ0) is 14.8. The molecule has 6 nitrogen and oxygen atoms in total. The van der Waals surface area contributed by atoms with Crippen LogP contribution in [0.25, 0.3) is 0 Å². The Kier molecular flexibility index (Phi) is 3.64. The highest BCUT2D eigenvalue weighted by Gasteiger charge is 2.32. The molecule has 20 heavy (non-hydrogen) atoms. The molecular formula is C13H12N4O2S. The van der Waals surface area contributed by atoms with Gasteiger partial charge < -0.3 is 5.32 Å². The average molecular weight is 288 g/mol. The number of nitrogens with one attached hydrogen (secondary N) is 1. The summed E-state index contributed by atoms with van der Waals surface area (Å²) in [4.78, 5) is 0.138. The molecule has 102 valence electrons. The molecule has 0 spiro atoms. The van der Waals surface area contributed by atoms with Gasteiger partial charge >= 0.3 is 0 Å². The Bertz CT molecular complexity index is 720. The van der Waals surface area contributed by atoms with Crippen LogP contribution in [0, 0.1) is 29.6 Å². The van der Waals surface area contributed by atoms with Gasteiger partial charge in [0.15, 0.2) is 5.57 Å². The van der Waals surface area contributed by atoms with Gasteiger partial charge in [0.1, 0.15) is 18.0 Å². The first-order valence-corrected chi connectivity index (χ1v) is 7.32. The molecule has 2 rings (SSSR count). The van der Waals surface area contributed by atoms with Crippen molar-refractivity contribution in [2.75, 3.05) is 13.1 Å². The van der Waals surface area contributed by atoms with Crippen molar-refractivity contribution in [2.45, 2.75) is 11.8 Å². The minimum atomic E-state index is -3.76. The SMILES string of the molecule is Cc1ccc(S(=O)(=O)N2CCNC2=C(C#N)C#N)cc1. The van der Waals surface area contributed by atoms with Crippen molar-refractivity contribution in [3.63, 3.8) is 0 Å². The van der Waals surface area contributed by atoms with E-state index in [1.165, 1.54) is 12.1 Å². The summed E-state index contributed by atoms with van der Waals surface area (Å²) in [5.74, 6) is 0.0515. The Labute approximate surface area is 117 Å². The first-order valence-electron chi connectivity index (χ1n) is 5.88. The van der Waals surface area contributed by atoms with Crippen LogP contribution in [-0.2, 0) is 10.0 Å². The number of benzene rings is 1. The molecule has 0 aliphatic carbocycles. The van der Waals surface area contributed by atoms with Gasteiger partial charge in [0.25, 0.3) is 10.0 Å². The molecule has 1 aromatic carbocycles. The largest absolute Gasteiger partial charge is 0.367 e. The first-order chi connectivity index (χ1) is 9.50. The second-order valence-electron chi connectivity index (χ2n) is 4.26. The fourth-order valence-electron chi connectivity index (χ4n) is 1.90. The number of aryl methyl sites for hydroxylation is 1. The maximum absolute atomic E-state index is 12.5. The van der Waals surface area contributed by atoms with Crippen molar-refractivity contribution < 1.29 is 8.42 Å². The van der Waals surface area contributed by atoms with E-state index >= 15 is 0 Å². The predicted molar refractivity (Wildman–Crippen MR) is 71.3 cm³/mol. The number of nitrogens with zero attached hydrogens (tertiary/aromatic N) is 3. The normalized spacial score (nSPS) is 14.3. The highest BCUT2D eigenvalue weighted by atomic mass is 32.2. The number of sulfonamides is 1. The first kappa shape index (κ1) is 13.9. The van der Waals surface area contributed by atoms with Crippen LogP contribution in [-0.4, -0.2) is 25.8 Å². The van der Waals surface area contributed by atoms with Crippen molar-refractivity contribution >= 4 is 10.0 Å². The van der Waals surface area contributed by atoms with Gasteiger partial charge in [-0.3, -0.25) is 0 Å². The lowest BCUT2D eigenvalue weighted by Crippen LogP contribution is -2.29. The number of allylic oxidation sites excluding steroid dienone is 1. The summed E-state index contributed by atoms with van der Waals surface area (Å²) in [6.07, 6.45) is 0. The van der Waals surface area contributed by atoms with Crippen LogP contribution >= 0.6 is 0 Å². The Morgan fingerprint density at radius 2 is 1.85 bits per heavy atom. The van der Waals surface area contributed by atoms with E-state index in [0.717, 1.165) is 9.87 Å². The molecule has 1 heterocycles. The monoisotopic (exact) mass is 288 g/mol. The van der Waals surface area contributed by atoms with Crippen LogP contribution in [0.4, 0.5) is 0 Å². The molecular weight excluding hydrogens is 276 g/mol. The van der Waals surface area contributed by atoms with E-state index in [1.807, 2.05) is 6.92 Å². The van der Waals surface area contributed by atoms with Gasteiger partial charge in [-0.25, -0.2) is 12.7 Å². The molecule has 1 saturated heterocycles. The van der Waals surface area contributed by atoms with Crippen molar-refractivity contribution in [3.05, 3.63) is 41.2 Å². The average Bonchev–Trinajstić information content (AvgIpc) is 2.91. The third kappa shape index (κ3) is 2.31. The van der Waals surface area contributed by atoms with Crippen LogP contribution in [0.5, 0.6) is 0 Å². The lowest BCUT2D eigenvalue weighted by Gasteiger charge is -2.19.